The van der Waals surface area contributed by atoms with Crippen LogP contribution in [0.25, 0.3) is 0 Å². The van der Waals surface area contributed by atoms with E-state index in [1.807, 2.05) is 24.0 Å². The first-order valence-electron chi connectivity index (χ1n) is 9.51. The highest BCUT2D eigenvalue weighted by Crippen LogP contribution is 2.23. The normalized spacial score (nSPS) is 14.7. The van der Waals surface area contributed by atoms with Gasteiger partial charge in [-0.1, -0.05) is 19.1 Å². The fourth-order valence-electron chi connectivity index (χ4n) is 3.22. The molecule has 0 unspecified atom stereocenters. The number of rotatable bonds is 5. The molecule has 0 spiro atoms. The molecule has 3 rings (SSSR count). The molecule has 27 heavy (non-hydrogen) atoms. The number of benzene rings is 2. The monoisotopic (exact) mass is 366 g/mol. The molecule has 1 saturated heterocycles. The van der Waals surface area contributed by atoms with Gasteiger partial charge in [-0.15, -0.1) is 0 Å². The van der Waals surface area contributed by atoms with Crippen LogP contribution in [-0.2, 0) is 0 Å². The zero-order valence-electron chi connectivity index (χ0n) is 15.9. The summed E-state index contributed by atoms with van der Waals surface area (Å²) in [6, 6.07) is 14.2. The Balaban J connectivity index is 1.73. The molecule has 0 atom stereocenters. The fraction of sp³-hybridized carbons (Fsp3) is 0.364. The quantitative estimate of drug-likeness (QED) is 0.862. The minimum Gasteiger partial charge on any atom is -0.494 e. The molecule has 1 aliphatic heterocycles. The van der Waals surface area contributed by atoms with Gasteiger partial charge in [0, 0.05) is 18.7 Å². The average Bonchev–Trinajstić information content (AvgIpc) is 2.69. The van der Waals surface area contributed by atoms with E-state index in [1.165, 1.54) is 0 Å². The summed E-state index contributed by atoms with van der Waals surface area (Å²) >= 11 is 0. The number of carbonyl (C=O) groups excluding carboxylic acids is 2. The zero-order chi connectivity index (χ0) is 19.2. The zero-order valence-corrected chi connectivity index (χ0v) is 15.9. The van der Waals surface area contributed by atoms with E-state index in [2.05, 4.69) is 12.2 Å². The first-order valence-corrected chi connectivity index (χ1v) is 9.51. The van der Waals surface area contributed by atoms with Crippen molar-refractivity contribution in [2.75, 3.05) is 25.0 Å². The molecule has 0 saturated carbocycles. The highest BCUT2D eigenvalue weighted by molar-refractivity contribution is 6.09. The maximum atomic E-state index is 12.9. The number of nitrogens with one attached hydrogen (secondary N) is 1. The molecule has 1 heterocycles. The van der Waals surface area contributed by atoms with Crippen molar-refractivity contribution in [2.24, 2.45) is 5.92 Å². The number of amides is 2. The first-order chi connectivity index (χ1) is 13.1. The molecule has 0 aliphatic carbocycles. The second-order valence-corrected chi connectivity index (χ2v) is 6.93. The largest absolute Gasteiger partial charge is 0.494 e. The fourth-order valence-corrected chi connectivity index (χ4v) is 3.22. The summed E-state index contributed by atoms with van der Waals surface area (Å²) in [5.41, 5.74) is 1.60. The molecule has 0 bridgehead atoms. The van der Waals surface area contributed by atoms with Crippen LogP contribution in [-0.4, -0.2) is 36.4 Å². The van der Waals surface area contributed by atoms with Gasteiger partial charge in [0.15, 0.2) is 0 Å². The summed E-state index contributed by atoms with van der Waals surface area (Å²) in [5.74, 6) is 1.11. The number of anilines is 1. The maximum absolute atomic E-state index is 12.9. The van der Waals surface area contributed by atoms with Crippen LogP contribution >= 0.6 is 0 Å². The lowest BCUT2D eigenvalue weighted by Crippen LogP contribution is -2.38. The van der Waals surface area contributed by atoms with Gasteiger partial charge in [-0.2, -0.15) is 0 Å². The Labute approximate surface area is 160 Å². The Morgan fingerprint density at radius 3 is 2.41 bits per heavy atom. The van der Waals surface area contributed by atoms with Gasteiger partial charge in [0.2, 0.25) is 0 Å². The minimum atomic E-state index is -0.245. The van der Waals surface area contributed by atoms with Crippen molar-refractivity contribution in [3.8, 4) is 5.75 Å². The Morgan fingerprint density at radius 1 is 1.07 bits per heavy atom. The maximum Gasteiger partial charge on any atom is 0.255 e. The molecule has 1 N–H and O–H groups in total. The van der Waals surface area contributed by atoms with Gasteiger partial charge in [0.25, 0.3) is 11.8 Å². The number of hydrogen-bond donors (Lipinski definition) is 1. The van der Waals surface area contributed by atoms with Gasteiger partial charge in [-0.05, 0) is 62.1 Å². The van der Waals surface area contributed by atoms with Gasteiger partial charge in [0.05, 0.1) is 17.9 Å². The lowest BCUT2D eigenvalue weighted by Gasteiger charge is -2.30. The Kier molecular flexibility index (Phi) is 6.12. The number of piperidine rings is 1. The van der Waals surface area contributed by atoms with E-state index in [4.69, 9.17) is 4.74 Å². The Bertz CT molecular complexity index is 793. The molecule has 5 heteroatoms. The van der Waals surface area contributed by atoms with Crippen LogP contribution in [0.3, 0.4) is 0 Å². The third-order valence-corrected chi connectivity index (χ3v) is 4.90. The number of hydrogen-bond acceptors (Lipinski definition) is 3. The molecular formula is C22H26N2O3. The van der Waals surface area contributed by atoms with Crippen molar-refractivity contribution in [1.82, 2.24) is 4.90 Å². The smallest absolute Gasteiger partial charge is 0.255 e. The summed E-state index contributed by atoms with van der Waals surface area (Å²) in [7, 11) is 0. The summed E-state index contributed by atoms with van der Waals surface area (Å²) in [6.45, 7) is 6.24. The van der Waals surface area contributed by atoms with Crippen LogP contribution in [0.5, 0.6) is 5.75 Å². The topological polar surface area (TPSA) is 58.6 Å². The van der Waals surface area contributed by atoms with Crippen molar-refractivity contribution >= 4 is 17.5 Å². The number of para-hydroxylation sites is 1. The van der Waals surface area contributed by atoms with E-state index < -0.39 is 0 Å². The summed E-state index contributed by atoms with van der Waals surface area (Å²) in [5, 5.41) is 2.88. The molecule has 2 aromatic rings. The molecule has 1 aliphatic rings. The molecule has 0 radical (unpaired) electrons. The third kappa shape index (κ3) is 4.67. The van der Waals surface area contributed by atoms with E-state index in [9.17, 15) is 9.59 Å². The average molecular weight is 366 g/mol. The van der Waals surface area contributed by atoms with Crippen molar-refractivity contribution in [2.45, 2.75) is 26.7 Å². The lowest BCUT2D eigenvalue weighted by atomic mass is 9.98. The van der Waals surface area contributed by atoms with Gasteiger partial charge in [0.1, 0.15) is 5.75 Å². The molecule has 5 nitrogen and oxygen atoms in total. The summed E-state index contributed by atoms with van der Waals surface area (Å²) in [6.07, 6.45) is 2.04. The van der Waals surface area contributed by atoms with Crippen LogP contribution in [0.2, 0.25) is 0 Å². The number of ether oxygens (including phenoxy) is 1. The van der Waals surface area contributed by atoms with Crippen LogP contribution < -0.4 is 10.1 Å². The standard InChI is InChI=1S/C22H26N2O3/c1-3-27-18-10-8-17(9-11-18)21(25)23-20-7-5-4-6-19(20)22(26)24-14-12-16(2)13-15-24/h4-11,16H,3,12-15H2,1-2H3,(H,23,25). The molecule has 2 aromatic carbocycles. The molecule has 2 amide bonds. The summed E-state index contributed by atoms with van der Waals surface area (Å²) in [4.78, 5) is 27.4. The van der Waals surface area contributed by atoms with E-state index in [-0.39, 0.29) is 11.8 Å². The minimum absolute atomic E-state index is 0.0236. The van der Waals surface area contributed by atoms with E-state index >= 15 is 0 Å². The number of nitrogens with zero attached hydrogens (tertiary/aromatic N) is 1. The van der Waals surface area contributed by atoms with Gasteiger partial charge in [-0.25, -0.2) is 0 Å². The highest BCUT2D eigenvalue weighted by atomic mass is 16.5. The molecule has 1 fully saturated rings. The third-order valence-electron chi connectivity index (χ3n) is 4.90. The first kappa shape index (κ1) is 19.0. The lowest BCUT2D eigenvalue weighted by molar-refractivity contribution is 0.0698. The number of likely N-dealkylation sites (tertiary alicyclic amines) is 1. The summed E-state index contributed by atoms with van der Waals surface area (Å²) < 4.78 is 5.40. The van der Waals surface area contributed by atoms with Crippen molar-refractivity contribution in [3.63, 3.8) is 0 Å². The van der Waals surface area contributed by atoms with Crippen LogP contribution in [0, 0.1) is 5.92 Å². The second-order valence-electron chi connectivity index (χ2n) is 6.93. The number of carbonyl (C=O) groups is 2. The molecule has 0 aromatic heterocycles. The molecule has 142 valence electrons. The van der Waals surface area contributed by atoms with E-state index in [0.717, 1.165) is 31.7 Å². The van der Waals surface area contributed by atoms with Gasteiger partial charge < -0.3 is 15.0 Å². The predicted octanol–water partition coefficient (Wildman–Crippen LogP) is 4.21. The van der Waals surface area contributed by atoms with E-state index in [1.54, 1.807) is 36.4 Å². The van der Waals surface area contributed by atoms with Crippen molar-refractivity contribution in [1.29, 1.82) is 0 Å². The highest BCUT2D eigenvalue weighted by Gasteiger charge is 2.23. The van der Waals surface area contributed by atoms with Crippen molar-refractivity contribution < 1.29 is 14.3 Å². The Morgan fingerprint density at radius 2 is 1.74 bits per heavy atom. The van der Waals surface area contributed by atoms with Gasteiger partial charge in [-0.3, -0.25) is 9.59 Å². The van der Waals surface area contributed by atoms with E-state index in [0.29, 0.717) is 29.3 Å². The van der Waals surface area contributed by atoms with Crippen LogP contribution in [0.15, 0.2) is 48.5 Å². The van der Waals surface area contributed by atoms with Gasteiger partial charge >= 0.3 is 0 Å². The predicted molar refractivity (Wildman–Crippen MR) is 106 cm³/mol. The van der Waals surface area contributed by atoms with Crippen LogP contribution in [0.4, 0.5) is 5.69 Å². The SMILES string of the molecule is CCOc1ccc(C(=O)Nc2ccccc2C(=O)N2CCC(C)CC2)cc1. The Hall–Kier alpha value is -2.82. The molecular weight excluding hydrogens is 340 g/mol. The van der Waals surface area contributed by atoms with Crippen molar-refractivity contribution in [3.05, 3.63) is 59.7 Å². The second kappa shape index (κ2) is 8.71. The van der Waals surface area contributed by atoms with Crippen LogP contribution in [0.1, 0.15) is 47.4 Å².